The van der Waals surface area contributed by atoms with Crippen molar-refractivity contribution in [3.63, 3.8) is 0 Å². The lowest BCUT2D eigenvalue weighted by Gasteiger charge is -2.15. The smallest absolute Gasteiger partial charge is 0.0183 e. The lowest BCUT2D eigenvalue weighted by atomic mass is 10.2. The van der Waals surface area contributed by atoms with E-state index in [9.17, 15) is 0 Å². The second-order valence-electron chi connectivity index (χ2n) is 2.53. The molecule has 0 aromatic heterocycles. The van der Waals surface area contributed by atoms with Crippen LogP contribution in [0, 0.1) is 0 Å². The van der Waals surface area contributed by atoms with Crippen LogP contribution in [0.2, 0.25) is 0 Å². The van der Waals surface area contributed by atoms with Crippen LogP contribution in [0.3, 0.4) is 0 Å². The van der Waals surface area contributed by atoms with Crippen LogP contribution in [0.15, 0.2) is 0 Å². The van der Waals surface area contributed by atoms with Gasteiger partial charge in [0.25, 0.3) is 0 Å². The molecule has 0 saturated heterocycles. The molecule has 0 aromatic carbocycles. The van der Waals surface area contributed by atoms with Crippen molar-refractivity contribution in [3.05, 3.63) is 0 Å². The number of halogens is 1. The van der Waals surface area contributed by atoms with Gasteiger partial charge >= 0.3 is 0 Å². The predicted molar refractivity (Wildman–Crippen MR) is 46.1 cm³/mol. The first-order chi connectivity index (χ1) is 4.20. The Morgan fingerprint density at radius 2 is 1.89 bits per heavy atom. The van der Waals surface area contributed by atoms with Crippen LogP contribution < -0.4 is 5.32 Å². The largest absolute Gasteiger partial charge is 0.311 e. The molecule has 0 spiro atoms. The Kier molecular flexibility index (Phi) is 5.50. The van der Waals surface area contributed by atoms with Crippen LogP contribution in [-0.2, 0) is 0 Å². The molecule has 0 radical (unpaired) electrons. The van der Waals surface area contributed by atoms with Crippen LogP contribution in [0.5, 0.6) is 0 Å². The SMILES string of the molecule is CCC(C)NC(C)CBr. The molecule has 0 amide bonds. The van der Waals surface area contributed by atoms with Gasteiger partial charge < -0.3 is 5.32 Å². The van der Waals surface area contributed by atoms with Crippen molar-refractivity contribution < 1.29 is 0 Å². The predicted octanol–water partition coefficient (Wildman–Crippen LogP) is 2.16. The molecular formula is C7H16BrN. The van der Waals surface area contributed by atoms with E-state index in [0.717, 1.165) is 5.33 Å². The Morgan fingerprint density at radius 3 is 2.22 bits per heavy atom. The Morgan fingerprint density at radius 1 is 1.33 bits per heavy atom. The molecule has 2 atom stereocenters. The van der Waals surface area contributed by atoms with E-state index in [1.807, 2.05) is 0 Å². The molecule has 0 rings (SSSR count). The molecule has 1 nitrogen and oxygen atoms in total. The average molecular weight is 194 g/mol. The molecule has 2 heteroatoms. The first kappa shape index (κ1) is 9.44. The van der Waals surface area contributed by atoms with Crippen molar-refractivity contribution in [2.45, 2.75) is 39.3 Å². The van der Waals surface area contributed by atoms with Crippen LogP contribution >= 0.6 is 15.9 Å². The highest BCUT2D eigenvalue weighted by atomic mass is 79.9. The average Bonchev–Trinajstić information content (AvgIpc) is 1.87. The van der Waals surface area contributed by atoms with Gasteiger partial charge in [-0.2, -0.15) is 0 Å². The Balaban J connectivity index is 3.22. The third-order valence-electron chi connectivity index (χ3n) is 1.41. The van der Waals surface area contributed by atoms with Gasteiger partial charge in [-0.15, -0.1) is 0 Å². The summed E-state index contributed by atoms with van der Waals surface area (Å²) in [6.45, 7) is 6.58. The van der Waals surface area contributed by atoms with E-state index in [0.29, 0.717) is 12.1 Å². The van der Waals surface area contributed by atoms with Crippen LogP contribution in [0.1, 0.15) is 27.2 Å². The van der Waals surface area contributed by atoms with Crippen LogP contribution in [0.4, 0.5) is 0 Å². The van der Waals surface area contributed by atoms with Gasteiger partial charge in [0.1, 0.15) is 0 Å². The maximum Gasteiger partial charge on any atom is 0.0183 e. The van der Waals surface area contributed by atoms with Gasteiger partial charge in [-0.05, 0) is 20.3 Å². The second-order valence-corrected chi connectivity index (χ2v) is 3.18. The molecule has 56 valence electrons. The Labute approximate surface area is 66.3 Å². The van der Waals surface area contributed by atoms with Crippen molar-refractivity contribution in [2.75, 3.05) is 5.33 Å². The van der Waals surface area contributed by atoms with E-state index >= 15 is 0 Å². The molecule has 0 bridgehead atoms. The Hall–Kier alpha value is 0.440. The minimum Gasteiger partial charge on any atom is -0.311 e. The lowest BCUT2D eigenvalue weighted by molar-refractivity contribution is 0.485. The zero-order valence-corrected chi connectivity index (χ0v) is 8.03. The van der Waals surface area contributed by atoms with Gasteiger partial charge in [0, 0.05) is 17.4 Å². The number of hydrogen-bond acceptors (Lipinski definition) is 1. The normalized spacial score (nSPS) is 17.3. The standard InChI is InChI=1S/C7H16BrN/c1-4-6(2)9-7(3)5-8/h6-7,9H,4-5H2,1-3H3. The van der Waals surface area contributed by atoms with E-state index < -0.39 is 0 Å². The first-order valence-electron chi connectivity index (χ1n) is 3.52. The minimum absolute atomic E-state index is 0.597. The minimum atomic E-state index is 0.597. The van der Waals surface area contributed by atoms with E-state index in [1.165, 1.54) is 6.42 Å². The fourth-order valence-corrected chi connectivity index (χ4v) is 0.835. The summed E-state index contributed by atoms with van der Waals surface area (Å²) >= 11 is 3.41. The number of hydrogen-bond donors (Lipinski definition) is 1. The summed E-state index contributed by atoms with van der Waals surface area (Å²) in [4.78, 5) is 0. The highest BCUT2D eigenvalue weighted by molar-refractivity contribution is 9.09. The summed E-state index contributed by atoms with van der Waals surface area (Å²) in [5, 5.41) is 4.47. The van der Waals surface area contributed by atoms with Gasteiger partial charge in [0.2, 0.25) is 0 Å². The zero-order chi connectivity index (χ0) is 7.28. The zero-order valence-electron chi connectivity index (χ0n) is 6.45. The lowest BCUT2D eigenvalue weighted by Crippen LogP contribution is -2.34. The van der Waals surface area contributed by atoms with Crippen molar-refractivity contribution in [3.8, 4) is 0 Å². The van der Waals surface area contributed by atoms with Gasteiger partial charge in [0.05, 0.1) is 0 Å². The first-order valence-corrected chi connectivity index (χ1v) is 4.64. The summed E-state index contributed by atoms with van der Waals surface area (Å²) < 4.78 is 0. The van der Waals surface area contributed by atoms with Crippen molar-refractivity contribution in [1.82, 2.24) is 5.32 Å². The van der Waals surface area contributed by atoms with Crippen molar-refractivity contribution >= 4 is 15.9 Å². The van der Waals surface area contributed by atoms with Crippen LogP contribution in [-0.4, -0.2) is 17.4 Å². The maximum absolute atomic E-state index is 3.43. The topological polar surface area (TPSA) is 12.0 Å². The van der Waals surface area contributed by atoms with Gasteiger partial charge in [-0.25, -0.2) is 0 Å². The summed E-state index contributed by atoms with van der Waals surface area (Å²) in [7, 11) is 0. The molecule has 0 heterocycles. The molecule has 0 aliphatic rings. The van der Waals surface area contributed by atoms with E-state index in [-0.39, 0.29) is 0 Å². The molecule has 9 heavy (non-hydrogen) atoms. The summed E-state index contributed by atoms with van der Waals surface area (Å²) in [5.41, 5.74) is 0. The van der Waals surface area contributed by atoms with Crippen molar-refractivity contribution in [1.29, 1.82) is 0 Å². The van der Waals surface area contributed by atoms with E-state index in [4.69, 9.17) is 0 Å². The van der Waals surface area contributed by atoms with Gasteiger partial charge in [0.15, 0.2) is 0 Å². The van der Waals surface area contributed by atoms with Crippen molar-refractivity contribution in [2.24, 2.45) is 0 Å². The molecule has 0 saturated carbocycles. The fourth-order valence-electron chi connectivity index (χ4n) is 0.648. The number of alkyl halides is 1. The van der Waals surface area contributed by atoms with Gasteiger partial charge in [-0.1, -0.05) is 22.9 Å². The maximum atomic E-state index is 3.43. The fraction of sp³-hybridized carbons (Fsp3) is 1.00. The highest BCUT2D eigenvalue weighted by Crippen LogP contribution is 1.94. The molecule has 2 unspecified atom stereocenters. The number of rotatable bonds is 4. The molecule has 1 N–H and O–H groups in total. The summed E-state index contributed by atoms with van der Waals surface area (Å²) in [6, 6.07) is 1.25. The Bertz CT molecular complexity index is 57.9. The second kappa shape index (κ2) is 5.24. The molecule has 0 aliphatic heterocycles. The van der Waals surface area contributed by atoms with Gasteiger partial charge in [-0.3, -0.25) is 0 Å². The summed E-state index contributed by atoms with van der Waals surface area (Å²) in [5.74, 6) is 0. The third kappa shape index (κ3) is 4.91. The van der Waals surface area contributed by atoms with E-state index in [1.54, 1.807) is 0 Å². The molecule has 0 fully saturated rings. The molecule has 0 aliphatic carbocycles. The summed E-state index contributed by atoms with van der Waals surface area (Å²) in [6.07, 6.45) is 1.21. The molecule has 0 aromatic rings. The van der Waals surface area contributed by atoms with Crippen LogP contribution in [0.25, 0.3) is 0 Å². The van der Waals surface area contributed by atoms with E-state index in [2.05, 4.69) is 42.0 Å². The number of nitrogens with one attached hydrogen (secondary N) is 1. The quantitative estimate of drug-likeness (QED) is 0.676. The highest BCUT2D eigenvalue weighted by Gasteiger charge is 2.01. The molecular weight excluding hydrogens is 178 g/mol. The monoisotopic (exact) mass is 193 g/mol. The third-order valence-corrected chi connectivity index (χ3v) is 2.38.